The van der Waals surface area contributed by atoms with E-state index in [1.165, 1.54) is 0 Å². The zero-order valence-corrected chi connectivity index (χ0v) is 12.1. The zero-order chi connectivity index (χ0) is 14.4. The molecule has 1 aromatic heterocycles. The van der Waals surface area contributed by atoms with E-state index in [1.807, 2.05) is 32.6 Å². The smallest absolute Gasteiger partial charge is 0.168 e. The van der Waals surface area contributed by atoms with Crippen molar-refractivity contribution in [1.82, 2.24) is 4.98 Å². The summed E-state index contributed by atoms with van der Waals surface area (Å²) in [6.45, 7) is 9.21. The van der Waals surface area contributed by atoms with E-state index in [0.717, 1.165) is 18.9 Å². The van der Waals surface area contributed by atoms with Crippen LogP contribution in [0.25, 0.3) is 0 Å². The van der Waals surface area contributed by atoms with Gasteiger partial charge in [0.1, 0.15) is 0 Å². The maximum atomic E-state index is 13.9. The normalized spacial score (nSPS) is 12.3. The molecule has 5 heteroatoms. The van der Waals surface area contributed by atoms with Crippen LogP contribution in [0.2, 0.25) is 0 Å². The molecule has 1 aromatic rings. The Bertz CT molecular complexity index is 410. The van der Waals surface area contributed by atoms with E-state index in [9.17, 15) is 8.78 Å². The van der Waals surface area contributed by atoms with E-state index in [-0.39, 0.29) is 17.7 Å². The molecule has 0 radical (unpaired) electrons. The van der Waals surface area contributed by atoms with Crippen molar-refractivity contribution in [2.45, 2.75) is 46.6 Å². The number of hydrogen-bond donors (Lipinski definition) is 1. The van der Waals surface area contributed by atoms with Gasteiger partial charge in [-0.15, -0.1) is 0 Å². The number of rotatable bonds is 7. The SMILES string of the molecule is CCCNc1nc(N(CC)C(C)CC)c(F)cc1F. The van der Waals surface area contributed by atoms with Crippen LogP contribution >= 0.6 is 0 Å². The lowest BCUT2D eigenvalue weighted by molar-refractivity contribution is 0.551. The second-order valence-corrected chi connectivity index (χ2v) is 4.59. The number of nitrogens with zero attached hydrogens (tertiary/aromatic N) is 2. The highest BCUT2D eigenvalue weighted by atomic mass is 19.1. The molecule has 0 aromatic carbocycles. The first-order valence-corrected chi connectivity index (χ1v) is 6.91. The molecular formula is C14H23F2N3. The van der Waals surface area contributed by atoms with E-state index in [2.05, 4.69) is 10.3 Å². The van der Waals surface area contributed by atoms with Crippen LogP contribution in [0.4, 0.5) is 20.4 Å². The largest absolute Gasteiger partial charge is 0.368 e. The van der Waals surface area contributed by atoms with Gasteiger partial charge in [-0.25, -0.2) is 13.8 Å². The minimum absolute atomic E-state index is 0.125. The Morgan fingerprint density at radius 1 is 1.26 bits per heavy atom. The standard InChI is InChI=1S/C14H23F2N3/c1-5-8-17-13-11(15)9-12(16)14(18-13)19(7-3)10(4)6-2/h9-10H,5-8H2,1-4H3,(H,17,18). The molecule has 19 heavy (non-hydrogen) atoms. The van der Waals surface area contributed by atoms with Crippen LogP contribution < -0.4 is 10.2 Å². The summed E-state index contributed by atoms with van der Waals surface area (Å²) in [7, 11) is 0. The van der Waals surface area contributed by atoms with E-state index in [4.69, 9.17) is 0 Å². The monoisotopic (exact) mass is 271 g/mol. The van der Waals surface area contributed by atoms with E-state index < -0.39 is 11.6 Å². The molecule has 0 aliphatic heterocycles. The van der Waals surface area contributed by atoms with Gasteiger partial charge in [0, 0.05) is 25.2 Å². The van der Waals surface area contributed by atoms with Crippen LogP contribution in [0.5, 0.6) is 0 Å². The molecule has 108 valence electrons. The van der Waals surface area contributed by atoms with Crippen molar-refractivity contribution in [3.63, 3.8) is 0 Å². The Labute approximate surface area is 114 Å². The van der Waals surface area contributed by atoms with Gasteiger partial charge in [-0.05, 0) is 26.7 Å². The first-order valence-electron chi connectivity index (χ1n) is 6.91. The molecule has 0 saturated carbocycles. The third kappa shape index (κ3) is 3.78. The minimum atomic E-state index is -0.644. The molecule has 0 amide bonds. The average Bonchev–Trinajstić information content (AvgIpc) is 2.40. The van der Waals surface area contributed by atoms with Gasteiger partial charge in [0.2, 0.25) is 0 Å². The maximum absolute atomic E-state index is 13.9. The van der Waals surface area contributed by atoms with E-state index in [1.54, 1.807) is 0 Å². The molecule has 0 aliphatic carbocycles. The fourth-order valence-corrected chi connectivity index (χ4v) is 1.92. The van der Waals surface area contributed by atoms with Gasteiger partial charge in [-0.1, -0.05) is 13.8 Å². The summed E-state index contributed by atoms with van der Waals surface area (Å²) in [6.07, 6.45) is 1.74. The maximum Gasteiger partial charge on any atom is 0.168 e. The van der Waals surface area contributed by atoms with E-state index in [0.29, 0.717) is 13.1 Å². The molecule has 0 aliphatic rings. The Kier molecular flexibility index (Phi) is 5.99. The Morgan fingerprint density at radius 3 is 2.47 bits per heavy atom. The Morgan fingerprint density at radius 2 is 1.95 bits per heavy atom. The first kappa shape index (κ1) is 15.7. The number of anilines is 2. The molecule has 0 spiro atoms. The molecule has 0 saturated heterocycles. The highest BCUT2D eigenvalue weighted by molar-refractivity contribution is 5.49. The highest BCUT2D eigenvalue weighted by Crippen LogP contribution is 2.24. The fourth-order valence-electron chi connectivity index (χ4n) is 1.92. The van der Waals surface area contributed by atoms with Crippen molar-refractivity contribution < 1.29 is 8.78 Å². The molecule has 1 N–H and O–H groups in total. The first-order chi connectivity index (χ1) is 9.04. The number of hydrogen-bond acceptors (Lipinski definition) is 3. The predicted octanol–water partition coefficient (Wildman–Crippen LogP) is 3.81. The van der Waals surface area contributed by atoms with Crippen molar-refractivity contribution in [3.05, 3.63) is 17.7 Å². The van der Waals surface area contributed by atoms with Crippen LogP contribution in [0, 0.1) is 11.6 Å². The summed E-state index contributed by atoms with van der Waals surface area (Å²) in [5.74, 6) is -0.909. The lowest BCUT2D eigenvalue weighted by Gasteiger charge is -2.29. The summed E-state index contributed by atoms with van der Waals surface area (Å²) in [6, 6.07) is 1.07. The number of aromatic nitrogens is 1. The van der Waals surface area contributed by atoms with Crippen molar-refractivity contribution in [1.29, 1.82) is 0 Å². The molecule has 3 nitrogen and oxygen atoms in total. The molecule has 1 atom stereocenters. The van der Waals surface area contributed by atoms with Gasteiger partial charge in [0.15, 0.2) is 23.3 Å². The van der Waals surface area contributed by atoms with Gasteiger partial charge in [0.25, 0.3) is 0 Å². The van der Waals surface area contributed by atoms with Crippen LogP contribution in [0.1, 0.15) is 40.5 Å². The summed E-state index contributed by atoms with van der Waals surface area (Å²) in [4.78, 5) is 5.97. The second kappa shape index (κ2) is 7.26. The molecule has 1 rings (SSSR count). The van der Waals surface area contributed by atoms with Gasteiger partial charge < -0.3 is 10.2 Å². The summed E-state index contributed by atoms with van der Waals surface area (Å²) in [5.41, 5.74) is 0. The van der Waals surface area contributed by atoms with Crippen LogP contribution in [0.15, 0.2) is 6.07 Å². The van der Waals surface area contributed by atoms with Crippen molar-refractivity contribution in [2.75, 3.05) is 23.3 Å². The third-order valence-corrected chi connectivity index (χ3v) is 3.19. The lowest BCUT2D eigenvalue weighted by Crippen LogP contribution is -2.34. The highest BCUT2D eigenvalue weighted by Gasteiger charge is 2.19. The molecule has 1 heterocycles. The minimum Gasteiger partial charge on any atom is -0.368 e. The van der Waals surface area contributed by atoms with Crippen LogP contribution in [-0.2, 0) is 0 Å². The van der Waals surface area contributed by atoms with Crippen molar-refractivity contribution in [3.8, 4) is 0 Å². The number of nitrogens with one attached hydrogen (secondary N) is 1. The third-order valence-electron chi connectivity index (χ3n) is 3.19. The van der Waals surface area contributed by atoms with Gasteiger partial charge >= 0.3 is 0 Å². The number of halogens is 2. The topological polar surface area (TPSA) is 28.2 Å². The quantitative estimate of drug-likeness (QED) is 0.817. The van der Waals surface area contributed by atoms with Crippen molar-refractivity contribution in [2.24, 2.45) is 0 Å². The molecule has 1 unspecified atom stereocenters. The fraction of sp³-hybridized carbons (Fsp3) is 0.643. The number of pyridine rings is 1. The van der Waals surface area contributed by atoms with Crippen LogP contribution in [-0.4, -0.2) is 24.1 Å². The van der Waals surface area contributed by atoms with E-state index >= 15 is 0 Å². The van der Waals surface area contributed by atoms with Gasteiger partial charge in [-0.2, -0.15) is 0 Å². The Hall–Kier alpha value is -1.39. The predicted molar refractivity (Wildman–Crippen MR) is 75.7 cm³/mol. The zero-order valence-electron chi connectivity index (χ0n) is 12.1. The second-order valence-electron chi connectivity index (χ2n) is 4.59. The molecular weight excluding hydrogens is 248 g/mol. The average molecular weight is 271 g/mol. The summed E-state index contributed by atoms with van der Waals surface area (Å²) in [5, 5.41) is 2.89. The summed E-state index contributed by atoms with van der Waals surface area (Å²) >= 11 is 0. The molecule has 0 fully saturated rings. The summed E-state index contributed by atoms with van der Waals surface area (Å²) < 4.78 is 27.5. The Balaban J connectivity index is 3.11. The lowest BCUT2D eigenvalue weighted by atomic mass is 10.2. The van der Waals surface area contributed by atoms with Crippen LogP contribution in [0.3, 0.4) is 0 Å². The van der Waals surface area contributed by atoms with Gasteiger partial charge in [0.05, 0.1) is 0 Å². The molecule has 0 bridgehead atoms. The van der Waals surface area contributed by atoms with Gasteiger partial charge in [-0.3, -0.25) is 0 Å². The van der Waals surface area contributed by atoms with Crippen molar-refractivity contribution >= 4 is 11.6 Å².